The van der Waals surface area contributed by atoms with Crippen LogP contribution in [0.5, 0.6) is 0 Å². The molecule has 1 aromatic rings. The standard InChI is InChI=1S/C14H16N2O/c1-10(2)14(17)16(13-7-8-13)12-5-3-11(9-15)4-6-12/h3-6,10,13H,7-8H2,1-2H3. The first-order valence-corrected chi connectivity index (χ1v) is 5.96. The molecule has 0 saturated heterocycles. The largest absolute Gasteiger partial charge is 0.309 e. The highest BCUT2D eigenvalue weighted by Crippen LogP contribution is 2.32. The fraction of sp³-hybridized carbons (Fsp3) is 0.429. The molecule has 0 bridgehead atoms. The van der Waals surface area contributed by atoms with Crippen LogP contribution in [0.3, 0.4) is 0 Å². The van der Waals surface area contributed by atoms with Crippen LogP contribution in [-0.4, -0.2) is 11.9 Å². The van der Waals surface area contributed by atoms with E-state index in [9.17, 15) is 4.79 Å². The predicted octanol–water partition coefficient (Wildman–Crippen LogP) is 2.71. The number of anilines is 1. The van der Waals surface area contributed by atoms with E-state index in [2.05, 4.69) is 6.07 Å². The fourth-order valence-corrected chi connectivity index (χ4v) is 1.83. The number of nitrogens with zero attached hydrogens (tertiary/aromatic N) is 2. The van der Waals surface area contributed by atoms with E-state index in [0.29, 0.717) is 11.6 Å². The zero-order chi connectivity index (χ0) is 12.4. The number of hydrogen-bond acceptors (Lipinski definition) is 2. The van der Waals surface area contributed by atoms with E-state index in [-0.39, 0.29) is 11.8 Å². The molecule has 0 radical (unpaired) electrons. The van der Waals surface area contributed by atoms with Gasteiger partial charge in [0.15, 0.2) is 0 Å². The van der Waals surface area contributed by atoms with Crippen molar-refractivity contribution in [2.24, 2.45) is 5.92 Å². The lowest BCUT2D eigenvalue weighted by Gasteiger charge is -2.24. The van der Waals surface area contributed by atoms with E-state index in [1.807, 2.05) is 30.9 Å². The Balaban J connectivity index is 2.26. The Morgan fingerprint density at radius 3 is 2.35 bits per heavy atom. The molecular formula is C14H16N2O. The molecule has 88 valence electrons. The monoisotopic (exact) mass is 228 g/mol. The van der Waals surface area contributed by atoms with Crippen LogP contribution in [0.15, 0.2) is 24.3 Å². The van der Waals surface area contributed by atoms with Gasteiger partial charge in [-0.25, -0.2) is 0 Å². The molecule has 0 atom stereocenters. The zero-order valence-electron chi connectivity index (χ0n) is 10.2. The van der Waals surface area contributed by atoms with Crippen LogP contribution in [0.2, 0.25) is 0 Å². The number of rotatable bonds is 3. The normalized spacial score (nSPS) is 14.5. The molecule has 1 aromatic carbocycles. The SMILES string of the molecule is CC(C)C(=O)N(c1ccc(C#N)cc1)C1CC1. The topological polar surface area (TPSA) is 44.1 Å². The van der Waals surface area contributed by atoms with E-state index >= 15 is 0 Å². The Hall–Kier alpha value is -1.82. The molecular weight excluding hydrogens is 212 g/mol. The molecule has 1 fully saturated rings. The van der Waals surface area contributed by atoms with Crippen molar-refractivity contribution in [3.63, 3.8) is 0 Å². The third kappa shape index (κ3) is 2.47. The van der Waals surface area contributed by atoms with Crippen molar-refractivity contribution in [1.82, 2.24) is 0 Å². The van der Waals surface area contributed by atoms with Crippen LogP contribution in [0, 0.1) is 17.2 Å². The van der Waals surface area contributed by atoms with Gasteiger partial charge in [-0.05, 0) is 37.1 Å². The van der Waals surface area contributed by atoms with Gasteiger partial charge in [0, 0.05) is 17.6 Å². The smallest absolute Gasteiger partial charge is 0.229 e. The first-order valence-electron chi connectivity index (χ1n) is 5.96. The summed E-state index contributed by atoms with van der Waals surface area (Å²) < 4.78 is 0. The lowest BCUT2D eigenvalue weighted by molar-refractivity contribution is -0.121. The van der Waals surface area contributed by atoms with Gasteiger partial charge < -0.3 is 4.90 Å². The summed E-state index contributed by atoms with van der Waals surface area (Å²) in [4.78, 5) is 14.0. The maximum absolute atomic E-state index is 12.1. The van der Waals surface area contributed by atoms with Crippen LogP contribution < -0.4 is 4.90 Å². The molecule has 1 amide bonds. The molecule has 1 aliphatic rings. The van der Waals surface area contributed by atoms with Gasteiger partial charge in [-0.2, -0.15) is 5.26 Å². The minimum absolute atomic E-state index is 0.00578. The second-order valence-corrected chi connectivity index (χ2v) is 4.75. The average Bonchev–Trinajstić information content (AvgIpc) is 3.14. The Bertz CT molecular complexity index is 452. The summed E-state index contributed by atoms with van der Waals surface area (Å²) >= 11 is 0. The highest BCUT2D eigenvalue weighted by Gasteiger charge is 2.34. The first-order chi connectivity index (χ1) is 8.13. The summed E-state index contributed by atoms with van der Waals surface area (Å²) in [7, 11) is 0. The second-order valence-electron chi connectivity index (χ2n) is 4.75. The molecule has 0 N–H and O–H groups in total. The van der Waals surface area contributed by atoms with E-state index in [0.717, 1.165) is 18.5 Å². The van der Waals surface area contributed by atoms with Gasteiger partial charge >= 0.3 is 0 Å². The van der Waals surface area contributed by atoms with Crippen LogP contribution in [0.25, 0.3) is 0 Å². The van der Waals surface area contributed by atoms with Gasteiger partial charge in [0.05, 0.1) is 11.6 Å². The molecule has 1 saturated carbocycles. The highest BCUT2D eigenvalue weighted by molar-refractivity contribution is 5.95. The molecule has 1 aliphatic carbocycles. The molecule has 0 aromatic heterocycles. The number of carbonyl (C=O) groups excluding carboxylic acids is 1. The van der Waals surface area contributed by atoms with Crippen LogP contribution >= 0.6 is 0 Å². The molecule has 3 nitrogen and oxygen atoms in total. The van der Waals surface area contributed by atoms with Crippen LogP contribution in [0.4, 0.5) is 5.69 Å². The van der Waals surface area contributed by atoms with Crippen molar-refractivity contribution >= 4 is 11.6 Å². The Morgan fingerprint density at radius 2 is 1.94 bits per heavy atom. The van der Waals surface area contributed by atoms with E-state index in [1.54, 1.807) is 12.1 Å². The van der Waals surface area contributed by atoms with Crippen molar-refractivity contribution < 1.29 is 4.79 Å². The molecule has 0 spiro atoms. The number of nitriles is 1. The van der Waals surface area contributed by atoms with Crippen LogP contribution in [0.1, 0.15) is 32.3 Å². The van der Waals surface area contributed by atoms with Crippen molar-refractivity contribution in [3.8, 4) is 6.07 Å². The minimum Gasteiger partial charge on any atom is -0.309 e. The van der Waals surface area contributed by atoms with Crippen LogP contribution in [-0.2, 0) is 4.79 Å². The molecule has 0 unspecified atom stereocenters. The van der Waals surface area contributed by atoms with Crippen molar-refractivity contribution in [2.45, 2.75) is 32.7 Å². The molecule has 0 heterocycles. The van der Waals surface area contributed by atoms with Crippen molar-refractivity contribution in [3.05, 3.63) is 29.8 Å². The molecule has 17 heavy (non-hydrogen) atoms. The van der Waals surface area contributed by atoms with E-state index in [1.165, 1.54) is 0 Å². The van der Waals surface area contributed by atoms with E-state index < -0.39 is 0 Å². The van der Waals surface area contributed by atoms with Gasteiger partial charge in [0.1, 0.15) is 0 Å². The van der Waals surface area contributed by atoms with Gasteiger partial charge in [-0.15, -0.1) is 0 Å². The van der Waals surface area contributed by atoms with Crippen molar-refractivity contribution in [1.29, 1.82) is 5.26 Å². The molecule has 3 heteroatoms. The Morgan fingerprint density at radius 1 is 1.35 bits per heavy atom. The Kier molecular flexibility index (Phi) is 3.14. The summed E-state index contributed by atoms with van der Waals surface area (Å²) in [5.74, 6) is 0.170. The number of amides is 1. The Labute approximate surface area is 102 Å². The fourth-order valence-electron chi connectivity index (χ4n) is 1.83. The zero-order valence-corrected chi connectivity index (χ0v) is 10.2. The summed E-state index contributed by atoms with van der Waals surface area (Å²) in [5.41, 5.74) is 1.53. The summed E-state index contributed by atoms with van der Waals surface area (Å²) in [6.45, 7) is 3.84. The maximum Gasteiger partial charge on any atom is 0.229 e. The average molecular weight is 228 g/mol. The quantitative estimate of drug-likeness (QED) is 0.798. The first kappa shape index (κ1) is 11.7. The third-order valence-electron chi connectivity index (χ3n) is 2.92. The molecule has 2 rings (SSSR count). The van der Waals surface area contributed by atoms with Crippen molar-refractivity contribution in [2.75, 3.05) is 4.90 Å². The lowest BCUT2D eigenvalue weighted by atomic mass is 10.1. The third-order valence-corrected chi connectivity index (χ3v) is 2.92. The van der Waals surface area contributed by atoms with Gasteiger partial charge in [-0.3, -0.25) is 4.79 Å². The maximum atomic E-state index is 12.1. The lowest BCUT2D eigenvalue weighted by Crippen LogP contribution is -2.36. The molecule has 0 aliphatic heterocycles. The van der Waals surface area contributed by atoms with Gasteiger partial charge in [-0.1, -0.05) is 13.8 Å². The van der Waals surface area contributed by atoms with Gasteiger partial charge in [0.2, 0.25) is 5.91 Å². The number of carbonyl (C=O) groups is 1. The summed E-state index contributed by atoms with van der Waals surface area (Å²) in [5, 5.41) is 8.76. The van der Waals surface area contributed by atoms with Gasteiger partial charge in [0.25, 0.3) is 0 Å². The minimum atomic E-state index is 0.00578. The summed E-state index contributed by atoms with van der Waals surface area (Å²) in [6.07, 6.45) is 2.16. The number of benzene rings is 1. The number of hydrogen-bond donors (Lipinski definition) is 0. The summed E-state index contributed by atoms with van der Waals surface area (Å²) in [6, 6.07) is 9.69. The second kappa shape index (κ2) is 4.58. The predicted molar refractivity (Wildman–Crippen MR) is 66.5 cm³/mol. The highest BCUT2D eigenvalue weighted by atomic mass is 16.2. The van der Waals surface area contributed by atoms with E-state index in [4.69, 9.17) is 5.26 Å².